The molecule has 0 unspecified atom stereocenters. The SMILES string of the molecule is c1ccc(-c2cc(-c3cccc(N4c5ncccc5C5(c6cccnc64)c4ccsc4-c4sccc45)c3)nc(-c3ccc(-c4ccccn4)cc3)n2)cc1.c1ccc(-c2ccc(-c3cc(N4c5ncccc5C5(c6cccnc64)c4ccsc4-c4sccc45)nc(-c4ccc(-c5ccccn5)cc4)n3)cc2)cc1. The molecular weight excluding hydrogens is 1400 g/mol. The van der Waals surface area contributed by atoms with Gasteiger partial charge in [-0.25, -0.2) is 39.9 Å². The van der Waals surface area contributed by atoms with Crippen molar-refractivity contribution in [1.29, 1.82) is 0 Å². The molecule has 0 fully saturated rings. The number of rotatable bonds is 10. The normalized spacial score (nSPS) is 13.3. The van der Waals surface area contributed by atoms with Crippen LogP contribution in [0.4, 0.5) is 34.8 Å². The summed E-state index contributed by atoms with van der Waals surface area (Å²) in [7, 11) is 0. The van der Waals surface area contributed by atoms with Crippen molar-refractivity contribution in [2.75, 3.05) is 9.80 Å². The molecule has 508 valence electrons. The van der Waals surface area contributed by atoms with E-state index in [2.05, 4.69) is 248 Å². The molecule has 4 aliphatic rings. The molecule has 0 bridgehead atoms. The fraction of sp³-hybridized carbons (Fsp3) is 0.0217. The molecule has 14 heterocycles. The lowest BCUT2D eigenvalue weighted by Crippen LogP contribution is -2.37. The van der Waals surface area contributed by atoms with Crippen LogP contribution in [0.3, 0.4) is 0 Å². The molecule has 18 aromatic rings. The number of pyridine rings is 6. The Hall–Kier alpha value is -13.2. The molecule has 12 aromatic heterocycles. The standard InChI is InChI=1S/2C46H28N6S2/c1-2-9-29(10-3-1)39-28-40(51-43(50-39)31-18-16-30(17-19-31)38-15-4-5-22-47-38)32-11-6-12-33(27-32)52-44-36(13-7-23-48-44)46(37-14-8-24-49-45(37)52)34-20-25-53-41(34)42-35(46)21-26-54-42;1-2-8-29(9-3-1)30-13-15-32(16-14-30)39-28-40(51-43(50-39)33-19-17-31(18-20-33)38-12-4-5-23-47-38)52-44-36(10-6-24-48-44)46(37-11-7-25-49-45(37)52)34-21-26-53-41(34)42-35(46)22-27-54-42/h2*1-28H. The third-order valence-corrected chi connectivity index (χ3v) is 24.9. The van der Waals surface area contributed by atoms with Crippen molar-refractivity contribution in [3.05, 3.63) is 382 Å². The van der Waals surface area contributed by atoms with Gasteiger partial charge in [0, 0.05) is 130 Å². The van der Waals surface area contributed by atoms with E-state index >= 15 is 0 Å². The number of benzene rings is 6. The van der Waals surface area contributed by atoms with E-state index in [0.29, 0.717) is 17.5 Å². The second-order valence-corrected chi connectivity index (χ2v) is 30.3. The summed E-state index contributed by atoms with van der Waals surface area (Å²) in [5, 5.41) is 8.84. The van der Waals surface area contributed by atoms with Gasteiger partial charge in [-0.3, -0.25) is 19.8 Å². The second-order valence-electron chi connectivity index (χ2n) is 26.7. The first-order chi connectivity index (χ1) is 53.5. The monoisotopic (exact) mass is 1460 g/mol. The molecule has 108 heavy (non-hydrogen) atoms. The minimum Gasteiger partial charge on any atom is -0.278 e. The minimum atomic E-state index is -0.540. The van der Waals surface area contributed by atoms with Gasteiger partial charge >= 0.3 is 0 Å². The molecule has 16 heteroatoms. The van der Waals surface area contributed by atoms with Crippen LogP contribution >= 0.6 is 45.3 Å². The summed E-state index contributed by atoms with van der Waals surface area (Å²) in [6, 6.07) is 96.8. The van der Waals surface area contributed by atoms with Gasteiger partial charge in [-0.05, 0) is 146 Å². The van der Waals surface area contributed by atoms with Gasteiger partial charge in [-0.1, -0.05) is 182 Å². The summed E-state index contributed by atoms with van der Waals surface area (Å²) in [4.78, 5) is 60.0. The van der Waals surface area contributed by atoms with Crippen molar-refractivity contribution < 1.29 is 0 Å². The Bertz CT molecular complexity index is 6180. The van der Waals surface area contributed by atoms with E-state index in [1.165, 1.54) is 47.3 Å². The Kier molecular flexibility index (Phi) is 15.1. The van der Waals surface area contributed by atoms with Crippen molar-refractivity contribution in [2.45, 2.75) is 10.8 Å². The number of hydrogen-bond acceptors (Lipinski definition) is 16. The zero-order valence-corrected chi connectivity index (χ0v) is 60.6. The summed E-state index contributed by atoms with van der Waals surface area (Å²) < 4.78 is 0. The molecule has 2 aliphatic carbocycles. The lowest BCUT2D eigenvalue weighted by Gasteiger charge is -2.42. The van der Waals surface area contributed by atoms with Gasteiger partial charge in [0.05, 0.1) is 39.3 Å². The number of hydrogen-bond donors (Lipinski definition) is 0. The highest BCUT2D eigenvalue weighted by Crippen LogP contribution is 2.67. The summed E-state index contributed by atoms with van der Waals surface area (Å²) in [5.74, 6) is 5.32. The average Bonchev–Trinajstić information content (AvgIpc) is 1.50. The van der Waals surface area contributed by atoms with Crippen LogP contribution in [0, 0.1) is 0 Å². The van der Waals surface area contributed by atoms with Crippen molar-refractivity contribution in [2.24, 2.45) is 0 Å². The number of nitrogens with zero attached hydrogens (tertiary/aromatic N) is 12. The largest absolute Gasteiger partial charge is 0.278 e. The number of anilines is 6. The predicted molar refractivity (Wildman–Crippen MR) is 437 cm³/mol. The zero-order chi connectivity index (χ0) is 71.3. The molecule has 0 amide bonds. The van der Waals surface area contributed by atoms with E-state index in [4.69, 9.17) is 39.9 Å². The van der Waals surface area contributed by atoms with E-state index in [-0.39, 0.29) is 0 Å². The van der Waals surface area contributed by atoms with Crippen molar-refractivity contribution >= 4 is 80.1 Å². The summed E-state index contributed by atoms with van der Waals surface area (Å²) in [6.45, 7) is 0. The van der Waals surface area contributed by atoms with Gasteiger partial charge < -0.3 is 0 Å². The molecule has 0 N–H and O–H groups in total. The van der Waals surface area contributed by atoms with Gasteiger partial charge in [0.1, 0.15) is 29.1 Å². The fourth-order valence-electron chi connectivity index (χ4n) is 16.2. The first-order valence-electron chi connectivity index (χ1n) is 35.4. The van der Waals surface area contributed by atoms with E-state index in [1.807, 2.05) is 133 Å². The Morgan fingerprint density at radius 2 is 0.565 bits per heavy atom. The number of thiophene rings is 4. The van der Waals surface area contributed by atoms with Gasteiger partial charge in [-0.2, -0.15) is 0 Å². The topological polar surface area (TPSA) is 135 Å². The Morgan fingerprint density at radius 1 is 0.222 bits per heavy atom. The van der Waals surface area contributed by atoms with E-state index in [1.54, 1.807) is 22.7 Å². The van der Waals surface area contributed by atoms with Crippen LogP contribution in [0.15, 0.2) is 338 Å². The second kappa shape index (κ2) is 25.8. The van der Waals surface area contributed by atoms with E-state index in [9.17, 15) is 0 Å². The summed E-state index contributed by atoms with van der Waals surface area (Å²) in [5.41, 5.74) is 23.1. The molecule has 0 saturated carbocycles. The van der Waals surface area contributed by atoms with Crippen LogP contribution < -0.4 is 9.80 Å². The lowest BCUT2D eigenvalue weighted by molar-refractivity contribution is 0.738. The lowest BCUT2D eigenvalue weighted by atomic mass is 9.67. The predicted octanol–water partition coefficient (Wildman–Crippen LogP) is 23.2. The fourth-order valence-corrected chi connectivity index (χ4v) is 20.4. The average molecular weight is 1460 g/mol. The summed E-state index contributed by atoms with van der Waals surface area (Å²) >= 11 is 7.23. The van der Waals surface area contributed by atoms with Crippen LogP contribution in [0.25, 0.3) is 110 Å². The van der Waals surface area contributed by atoms with Crippen molar-refractivity contribution in [3.8, 4) is 110 Å². The van der Waals surface area contributed by atoms with Crippen molar-refractivity contribution in [1.82, 2.24) is 49.8 Å². The molecule has 2 aliphatic heterocycles. The van der Waals surface area contributed by atoms with E-state index in [0.717, 1.165) is 124 Å². The van der Waals surface area contributed by atoms with Crippen LogP contribution in [-0.2, 0) is 10.8 Å². The first-order valence-corrected chi connectivity index (χ1v) is 38.9. The molecule has 2 spiro atoms. The number of aromatic nitrogens is 10. The van der Waals surface area contributed by atoms with Gasteiger partial charge in [0.25, 0.3) is 0 Å². The Labute approximate surface area is 637 Å². The van der Waals surface area contributed by atoms with Crippen LogP contribution in [0.5, 0.6) is 0 Å². The highest BCUT2D eigenvalue weighted by atomic mass is 32.1. The molecule has 6 aromatic carbocycles. The number of fused-ring (bicyclic) bond motifs is 18. The third kappa shape index (κ3) is 10.1. The molecular formula is C92H56N12S4. The quantitative estimate of drug-likeness (QED) is 0.129. The Morgan fingerprint density at radius 3 is 1.01 bits per heavy atom. The highest BCUT2D eigenvalue weighted by molar-refractivity contribution is 7.21. The molecule has 0 atom stereocenters. The maximum atomic E-state index is 5.33. The highest BCUT2D eigenvalue weighted by Gasteiger charge is 2.56. The molecule has 12 nitrogen and oxygen atoms in total. The maximum absolute atomic E-state index is 5.33. The van der Waals surface area contributed by atoms with Crippen LogP contribution in [-0.4, -0.2) is 49.8 Å². The van der Waals surface area contributed by atoms with E-state index < -0.39 is 10.8 Å². The third-order valence-electron chi connectivity index (χ3n) is 20.9. The first kappa shape index (κ1) is 63.3. The van der Waals surface area contributed by atoms with Gasteiger partial charge in [-0.15, -0.1) is 45.3 Å². The zero-order valence-electron chi connectivity index (χ0n) is 57.3. The molecule has 0 radical (unpaired) electrons. The molecule has 0 saturated heterocycles. The van der Waals surface area contributed by atoms with Crippen molar-refractivity contribution in [3.63, 3.8) is 0 Å². The maximum Gasteiger partial charge on any atom is 0.162 e. The van der Waals surface area contributed by atoms with Crippen LogP contribution in [0.2, 0.25) is 0 Å². The molecule has 22 rings (SSSR count). The summed E-state index contributed by atoms with van der Waals surface area (Å²) in [6.07, 6.45) is 11.1. The van der Waals surface area contributed by atoms with Crippen LogP contribution in [0.1, 0.15) is 44.5 Å². The van der Waals surface area contributed by atoms with Gasteiger partial charge in [0.2, 0.25) is 0 Å². The Balaban J connectivity index is 0.000000138. The smallest absolute Gasteiger partial charge is 0.162 e. The van der Waals surface area contributed by atoms with Gasteiger partial charge in [0.15, 0.2) is 11.6 Å². The minimum absolute atomic E-state index is 0.496.